The van der Waals surface area contributed by atoms with Gasteiger partial charge in [-0.1, -0.05) is 18.2 Å². The Kier molecular flexibility index (Phi) is 6.98. The summed E-state index contributed by atoms with van der Waals surface area (Å²) in [5.41, 5.74) is 6.70. The van der Waals surface area contributed by atoms with Crippen molar-refractivity contribution < 1.29 is 4.79 Å². The van der Waals surface area contributed by atoms with E-state index < -0.39 is 0 Å². The Labute approximate surface area is 228 Å². The van der Waals surface area contributed by atoms with E-state index in [9.17, 15) is 4.79 Å². The van der Waals surface area contributed by atoms with Crippen molar-refractivity contribution in [2.24, 2.45) is 5.92 Å². The van der Waals surface area contributed by atoms with Gasteiger partial charge in [-0.2, -0.15) is 5.10 Å². The van der Waals surface area contributed by atoms with E-state index in [4.69, 9.17) is 4.98 Å². The number of nitrogens with zero attached hydrogens (tertiary/aromatic N) is 6. The van der Waals surface area contributed by atoms with Crippen LogP contribution in [0.4, 0.5) is 23.0 Å². The van der Waals surface area contributed by atoms with E-state index in [-0.39, 0.29) is 11.8 Å². The molecule has 2 aromatic carbocycles. The van der Waals surface area contributed by atoms with E-state index in [0.29, 0.717) is 5.95 Å². The third-order valence-corrected chi connectivity index (χ3v) is 7.42. The molecule has 1 saturated carbocycles. The molecule has 3 heterocycles. The molecule has 0 spiro atoms. The lowest BCUT2D eigenvalue weighted by molar-refractivity contribution is -0.117. The summed E-state index contributed by atoms with van der Waals surface area (Å²) in [5.74, 6) is 0.820. The number of hydrogen-bond donors (Lipinski definition) is 2. The minimum atomic E-state index is 0.108. The van der Waals surface area contributed by atoms with Crippen LogP contribution in [0, 0.1) is 5.92 Å². The summed E-state index contributed by atoms with van der Waals surface area (Å²) in [4.78, 5) is 26.3. The molecule has 9 heteroatoms. The SMILES string of the molecule is CCn1ncc(-c2ccnc(Nc3cccc(N4CCN(C)CC4)c3)n2)c1-c1ccc(NC(=O)C2CC2)cc1. The molecule has 1 aliphatic heterocycles. The maximum atomic E-state index is 12.2. The number of carbonyl (C=O) groups is 1. The summed E-state index contributed by atoms with van der Waals surface area (Å²) in [7, 11) is 2.17. The smallest absolute Gasteiger partial charge is 0.227 e. The Hall–Kier alpha value is -4.24. The number of amides is 1. The maximum absolute atomic E-state index is 12.2. The third-order valence-electron chi connectivity index (χ3n) is 7.42. The minimum Gasteiger partial charge on any atom is -0.369 e. The normalized spacial score (nSPS) is 15.8. The monoisotopic (exact) mass is 522 g/mol. The average Bonchev–Trinajstić information content (AvgIpc) is 3.73. The van der Waals surface area contributed by atoms with Crippen molar-refractivity contribution >= 4 is 28.9 Å². The van der Waals surface area contributed by atoms with Crippen LogP contribution in [0.1, 0.15) is 19.8 Å². The van der Waals surface area contributed by atoms with E-state index >= 15 is 0 Å². The van der Waals surface area contributed by atoms with E-state index in [2.05, 4.69) is 62.7 Å². The summed E-state index contributed by atoms with van der Waals surface area (Å²) in [5, 5.41) is 11.0. The highest BCUT2D eigenvalue weighted by molar-refractivity contribution is 5.94. The lowest BCUT2D eigenvalue weighted by Gasteiger charge is -2.34. The van der Waals surface area contributed by atoms with E-state index in [1.54, 1.807) is 6.20 Å². The van der Waals surface area contributed by atoms with Crippen LogP contribution in [-0.2, 0) is 11.3 Å². The van der Waals surface area contributed by atoms with Crippen LogP contribution in [0.2, 0.25) is 0 Å². The first kappa shape index (κ1) is 25.1. The number of anilines is 4. The molecule has 0 bridgehead atoms. The quantitative estimate of drug-likeness (QED) is 0.341. The van der Waals surface area contributed by atoms with Crippen molar-refractivity contribution in [2.75, 3.05) is 48.8 Å². The van der Waals surface area contributed by atoms with Gasteiger partial charge >= 0.3 is 0 Å². The van der Waals surface area contributed by atoms with Gasteiger partial charge in [0.25, 0.3) is 0 Å². The average molecular weight is 523 g/mol. The van der Waals surface area contributed by atoms with Gasteiger partial charge in [0.2, 0.25) is 11.9 Å². The van der Waals surface area contributed by atoms with Crippen LogP contribution in [0.15, 0.2) is 67.0 Å². The van der Waals surface area contributed by atoms with Gasteiger partial charge in [-0.05, 0) is 63.2 Å². The van der Waals surface area contributed by atoms with Gasteiger partial charge in [0, 0.05) is 73.0 Å². The van der Waals surface area contributed by atoms with Crippen molar-refractivity contribution in [3.8, 4) is 22.5 Å². The lowest BCUT2D eigenvalue weighted by Crippen LogP contribution is -2.44. The largest absolute Gasteiger partial charge is 0.369 e. The number of aromatic nitrogens is 4. The van der Waals surface area contributed by atoms with Gasteiger partial charge in [-0.25, -0.2) is 9.97 Å². The molecule has 39 heavy (non-hydrogen) atoms. The molecule has 0 atom stereocenters. The molecule has 200 valence electrons. The molecule has 2 aliphatic rings. The van der Waals surface area contributed by atoms with E-state index in [1.807, 2.05) is 47.3 Å². The molecule has 0 unspecified atom stereocenters. The number of benzene rings is 2. The Balaban J connectivity index is 1.23. The maximum Gasteiger partial charge on any atom is 0.227 e. The summed E-state index contributed by atoms with van der Waals surface area (Å²) in [6.07, 6.45) is 5.61. The summed E-state index contributed by atoms with van der Waals surface area (Å²) < 4.78 is 1.97. The van der Waals surface area contributed by atoms with Gasteiger partial charge in [0.15, 0.2) is 0 Å². The third kappa shape index (κ3) is 5.63. The van der Waals surface area contributed by atoms with Crippen molar-refractivity contribution in [2.45, 2.75) is 26.3 Å². The highest BCUT2D eigenvalue weighted by atomic mass is 16.2. The predicted octanol–water partition coefficient (Wildman–Crippen LogP) is 4.87. The van der Waals surface area contributed by atoms with Crippen LogP contribution < -0.4 is 15.5 Å². The van der Waals surface area contributed by atoms with E-state index in [0.717, 1.165) is 79.5 Å². The number of nitrogens with one attached hydrogen (secondary N) is 2. The molecular formula is C30H34N8O. The first-order chi connectivity index (χ1) is 19.1. The molecule has 1 saturated heterocycles. The topological polar surface area (TPSA) is 91.2 Å². The zero-order valence-electron chi connectivity index (χ0n) is 22.5. The summed E-state index contributed by atoms with van der Waals surface area (Å²) >= 11 is 0. The fourth-order valence-corrected chi connectivity index (χ4v) is 4.96. The van der Waals surface area contributed by atoms with Crippen molar-refractivity contribution in [1.29, 1.82) is 0 Å². The molecule has 9 nitrogen and oxygen atoms in total. The molecule has 2 aromatic heterocycles. The Morgan fingerprint density at radius 3 is 2.54 bits per heavy atom. The van der Waals surface area contributed by atoms with Crippen molar-refractivity contribution in [3.63, 3.8) is 0 Å². The number of rotatable bonds is 8. The molecule has 0 radical (unpaired) electrons. The minimum absolute atomic E-state index is 0.108. The summed E-state index contributed by atoms with van der Waals surface area (Å²) in [6, 6.07) is 18.3. The van der Waals surface area contributed by atoms with Gasteiger partial charge < -0.3 is 20.4 Å². The number of aryl methyl sites for hydroxylation is 1. The van der Waals surface area contributed by atoms with Crippen LogP contribution in [0.3, 0.4) is 0 Å². The summed E-state index contributed by atoms with van der Waals surface area (Å²) in [6.45, 7) is 6.96. The molecule has 2 fully saturated rings. The fourth-order valence-electron chi connectivity index (χ4n) is 4.96. The second-order valence-corrected chi connectivity index (χ2v) is 10.3. The number of carbonyl (C=O) groups excluding carboxylic acids is 1. The fraction of sp³-hybridized carbons (Fsp3) is 0.333. The van der Waals surface area contributed by atoms with Crippen LogP contribution in [-0.4, -0.2) is 63.8 Å². The molecular weight excluding hydrogens is 488 g/mol. The number of piperazine rings is 1. The molecule has 4 aromatic rings. The molecule has 2 N–H and O–H groups in total. The lowest BCUT2D eigenvalue weighted by atomic mass is 10.0. The zero-order chi connectivity index (χ0) is 26.8. The first-order valence-electron chi connectivity index (χ1n) is 13.7. The molecule has 1 amide bonds. The molecule has 6 rings (SSSR count). The standard InChI is InChI=1S/C30H34N8O/c1-3-38-28(21-9-11-23(12-10-21)33-29(39)22-7-8-22)26(20-32-38)27-13-14-31-30(35-27)34-24-5-4-6-25(19-24)37-17-15-36(2)16-18-37/h4-6,9-14,19-20,22H,3,7-8,15-18H2,1-2H3,(H,33,39)(H,31,34,35). The number of hydrogen-bond acceptors (Lipinski definition) is 7. The Morgan fingerprint density at radius 2 is 1.79 bits per heavy atom. The predicted molar refractivity (Wildman–Crippen MR) is 155 cm³/mol. The second kappa shape index (κ2) is 10.9. The van der Waals surface area contributed by atoms with Crippen LogP contribution in [0.5, 0.6) is 0 Å². The first-order valence-corrected chi connectivity index (χ1v) is 13.7. The van der Waals surface area contributed by atoms with Crippen LogP contribution in [0.25, 0.3) is 22.5 Å². The van der Waals surface area contributed by atoms with Crippen LogP contribution >= 0.6 is 0 Å². The van der Waals surface area contributed by atoms with Crippen molar-refractivity contribution in [3.05, 3.63) is 67.0 Å². The van der Waals surface area contributed by atoms with Crippen molar-refractivity contribution in [1.82, 2.24) is 24.6 Å². The van der Waals surface area contributed by atoms with Gasteiger partial charge in [-0.3, -0.25) is 9.48 Å². The second-order valence-electron chi connectivity index (χ2n) is 10.3. The zero-order valence-corrected chi connectivity index (χ0v) is 22.5. The Morgan fingerprint density at radius 1 is 1.00 bits per heavy atom. The van der Waals surface area contributed by atoms with Gasteiger partial charge in [-0.15, -0.1) is 0 Å². The highest BCUT2D eigenvalue weighted by Gasteiger charge is 2.29. The highest BCUT2D eigenvalue weighted by Crippen LogP contribution is 2.34. The molecule has 1 aliphatic carbocycles. The van der Waals surface area contributed by atoms with Gasteiger partial charge in [0.1, 0.15) is 0 Å². The van der Waals surface area contributed by atoms with Gasteiger partial charge in [0.05, 0.1) is 17.6 Å². The number of likely N-dealkylation sites (N-methyl/N-ethyl adjacent to an activating group) is 1. The Bertz CT molecular complexity index is 1450. The van der Waals surface area contributed by atoms with E-state index in [1.165, 1.54) is 5.69 Å².